The van der Waals surface area contributed by atoms with E-state index in [0.29, 0.717) is 11.4 Å². The zero-order valence-electron chi connectivity index (χ0n) is 8.03. The van der Waals surface area contributed by atoms with E-state index in [9.17, 15) is 4.79 Å². The van der Waals surface area contributed by atoms with Gasteiger partial charge in [0.15, 0.2) is 0 Å². The minimum absolute atomic E-state index is 0.114. The highest BCUT2D eigenvalue weighted by Crippen LogP contribution is 2.08. The summed E-state index contributed by atoms with van der Waals surface area (Å²) in [6, 6.07) is 5.06. The first kappa shape index (κ1) is 9.86. The number of carboxylic acids is 1. The van der Waals surface area contributed by atoms with E-state index in [2.05, 4.69) is 9.97 Å². The number of imidazole rings is 1. The second kappa shape index (κ2) is 3.82. The van der Waals surface area contributed by atoms with Gasteiger partial charge in [-0.1, -0.05) is 0 Å². The minimum Gasteiger partial charge on any atom is -0.475 e. The Morgan fingerprint density at radius 2 is 2.25 bits per heavy atom. The molecule has 0 bridgehead atoms. The number of hydrogen-bond donors (Lipinski definition) is 1. The van der Waals surface area contributed by atoms with Crippen LogP contribution in [-0.2, 0) is 0 Å². The Bertz CT molecular complexity index is 565. The molecule has 0 saturated carbocycles. The molecule has 2 heterocycles. The summed E-state index contributed by atoms with van der Waals surface area (Å²) in [5.41, 5.74) is 0.417. The van der Waals surface area contributed by atoms with Crippen molar-refractivity contribution >= 4 is 5.97 Å². The monoisotopic (exact) mass is 214 g/mol. The van der Waals surface area contributed by atoms with E-state index in [4.69, 9.17) is 10.4 Å². The summed E-state index contributed by atoms with van der Waals surface area (Å²) < 4.78 is 1.34. The molecule has 0 fully saturated rings. The molecule has 0 amide bonds. The Labute approximate surface area is 90.4 Å². The van der Waals surface area contributed by atoms with Gasteiger partial charge in [0, 0.05) is 18.6 Å². The van der Waals surface area contributed by atoms with Crippen LogP contribution >= 0.6 is 0 Å². The first-order valence-corrected chi connectivity index (χ1v) is 4.35. The molecule has 0 aromatic carbocycles. The van der Waals surface area contributed by atoms with Crippen molar-refractivity contribution in [3.8, 4) is 11.9 Å². The molecule has 0 atom stereocenters. The minimum atomic E-state index is -1.13. The third kappa shape index (κ3) is 1.62. The third-order valence-corrected chi connectivity index (χ3v) is 1.96. The second-order valence-corrected chi connectivity index (χ2v) is 2.94. The fraction of sp³-hybridized carbons (Fsp3) is 0. The normalized spacial score (nSPS) is 9.69. The molecule has 0 aliphatic rings. The van der Waals surface area contributed by atoms with E-state index in [1.54, 1.807) is 12.1 Å². The summed E-state index contributed by atoms with van der Waals surface area (Å²) in [6.07, 6.45) is 4.25. The van der Waals surface area contributed by atoms with Crippen LogP contribution in [0.1, 0.15) is 16.2 Å². The molecular formula is C10H6N4O2. The zero-order valence-corrected chi connectivity index (χ0v) is 8.03. The number of carboxylic acid groups (broad SMARTS) is 1. The van der Waals surface area contributed by atoms with Crippen molar-refractivity contribution in [1.82, 2.24) is 14.5 Å². The molecule has 2 rings (SSSR count). The van der Waals surface area contributed by atoms with Crippen molar-refractivity contribution in [2.75, 3.05) is 0 Å². The molecule has 16 heavy (non-hydrogen) atoms. The summed E-state index contributed by atoms with van der Waals surface area (Å²) in [7, 11) is 0. The summed E-state index contributed by atoms with van der Waals surface area (Å²) in [6.45, 7) is 0. The Morgan fingerprint density at radius 1 is 1.44 bits per heavy atom. The van der Waals surface area contributed by atoms with E-state index in [1.165, 1.54) is 23.2 Å². The van der Waals surface area contributed by atoms with Crippen LogP contribution in [0.25, 0.3) is 5.82 Å². The van der Waals surface area contributed by atoms with Gasteiger partial charge in [-0.3, -0.25) is 4.57 Å². The van der Waals surface area contributed by atoms with E-state index in [0.717, 1.165) is 0 Å². The fourth-order valence-electron chi connectivity index (χ4n) is 1.24. The second-order valence-electron chi connectivity index (χ2n) is 2.94. The maximum absolute atomic E-state index is 10.8. The van der Waals surface area contributed by atoms with E-state index >= 15 is 0 Å². The molecule has 1 N–H and O–H groups in total. The van der Waals surface area contributed by atoms with Gasteiger partial charge in [0.05, 0.1) is 5.56 Å². The van der Waals surface area contributed by atoms with Gasteiger partial charge in [0.1, 0.15) is 11.9 Å². The molecule has 78 valence electrons. The maximum Gasteiger partial charge on any atom is 0.372 e. The molecule has 2 aromatic rings. The SMILES string of the molecule is N#Cc1ccc(-n2ccnc2C(=O)O)nc1. The predicted molar refractivity (Wildman–Crippen MR) is 53.0 cm³/mol. The van der Waals surface area contributed by atoms with Crippen LogP contribution in [-0.4, -0.2) is 25.6 Å². The zero-order chi connectivity index (χ0) is 11.5. The van der Waals surface area contributed by atoms with Gasteiger partial charge in [-0.25, -0.2) is 14.8 Å². The van der Waals surface area contributed by atoms with Crippen molar-refractivity contribution in [2.45, 2.75) is 0 Å². The van der Waals surface area contributed by atoms with E-state index in [1.807, 2.05) is 6.07 Å². The standard InChI is InChI=1S/C10H6N4O2/c11-5-7-1-2-8(13-6-7)14-4-3-12-9(14)10(15)16/h1-4,6H,(H,15,16). The Morgan fingerprint density at radius 3 is 2.81 bits per heavy atom. The average Bonchev–Trinajstić information content (AvgIpc) is 2.78. The largest absolute Gasteiger partial charge is 0.475 e. The summed E-state index contributed by atoms with van der Waals surface area (Å²) in [5, 5.41) is 17.5. The lowest BCUT2D eigenvalue weighted by atomic mass is 10.3. The highest BCUT2D eigenvalue weighted by atomic mass is 16.4. The highest BCUT2D eigenvalue weighted by Gasteiger charge is 2.12. The summed E-state index contributed by atoms with van der Waals surface area (Å²) >= 11 is 0. The van der Waals surface area contributed by atoms with Crippen molar-refractivity contribution in [3.05, 3.63) is 42.1 Å². The lowest BCUT2D eigenvalue weighted by molar-refractivity contribution is 0.0681. The van der Waals surface area contributed by atoms with Gasteiger partial charge < -0.3 is 5.11 Å². The molecule has 0 aliphatic carbocycles. The lowest BCUT2D eigenvalue weighted by Crippen LogP contribution is -2.08. The average molecular weight is 214 g/mol. The Hall–Kier alpha value is -2.68. The molecule has 6 nitrogen and oxygen atoms in total. The number of nitriles is 1. The van der Waals surface area contributed by atoms with Gasteiger partial charge in [0.2, 0.25) is 5.82 Å². The van der Waals surface area contributed by atoms with Crippen molar-refractivity contribution < 1.29 is 9.90 Å². The number of rotatable bonds is 2. The van der Waals surface area contributed by atoms with E-state index < -0.39 is 5.97 Å². The maximum atomic E-state index is 10.8. The van der Waals surface area contributed by atoms with Crippen LogP contribution in [0.5, 0.6) is 0 Å². The molecule has 2 aromatic heterocycles. The van der Waals surface area contributed by atoms with Crippen LogP contribution in [0, 0.1) is 11.3 Å². The number of aromatic nitrogens is 3. The number of pyridine rings is 1. The summed E-state index contributed by atoms with van der Waals surface area (Å²) in [4.78, 5) is 18.5. The lowest BCUT2D eigenvalue weighted by Gasteiger charge is -2.02. The number of aromatic carboxylic acids is 1. The third-order valence-electron chi connectivity index (χ3n) is 1.96. The molecule has 6 heteroatoms. The molecule has 0 unspecified atom stereocenters. The Balaban J connectivity index is 2.47. The van der Waals surface area contributed by atoms with Crippen molar-refractivity contribution in [2.24, 2.45) is 0 Å². The summed E-state index contributed by atoms with van der Waals surface area (Å²) in [5.74, 6) is -0.831. The van der Waals surface area contributed by atoms with Gasteiger partial charge in [-0.2, -0.15) is 5.26 Å². The van der Waals surface area contributed by atoms with E-state index in [-0.39, 0.29) is 5.82 Å². The topological polar surface area (TPSA) is 91.8 Å². The Kier molecular flexibility index (Phi) is 2.36. The van der Waals surface area contributed by atoms with Gasteiger partial charge in [0.25, 0.3) is 0 Å². The molecule has 0 saturated heterocycles. The van der Waals surface area contributed by atoms with Gasteiger partial charge in [-0.05, 0) is 12.1 Å². The van der Waals surface area contributed by atoms with Crippen LogP contribution in [0.2, 0.25) is 0 Å². The first-order valence-electron chi connectivity index (χ1n) is 4.35. The quantitative estimate of drug-likeness (QED) is 0.799. The molecule has 0 radical (unpaired) electrons. The number of hydrogen-bond acceptors (Lipinski definition) is 4. The van der Waals surface area contributed by atoms with Crippen LogP contribution in [0.15, 0.2) is 30.7 Å². The predicted octanol–water partition coefficient (Wildman–Crippen LogP) is 0.837. The smallest absolute Gasteiger partial charge is 0.372 e. The van der Waals surface area contributed by atoms with Crippen LogP contribution < -0.4 is 0 Å². The first-order chi connectivity index (χ1) is 7.72. The fourth-order valence-corrected chi connectivity index (χ4v) is 1.24. The van der Waals surface area contributed by atoms with Crippen LogP contribution in [0.3, 0.4) is 0 Å². The highest BCUT2D eigenvalue weighted by molar-refractivity contribution is 5.84. The van der Waals surface area contributed by atoms with Gasteiger partial charge >= 0.3 is 5.97 Å². The van der Waals surface area contributed by atoms with Gasteiger partial charge in [-0.15, -0.1) is 0 Å². The molecular weight excluding hydrogens is 208 g/mol. The number of nitrogens with zero attached hydrogens (tertiary/aromatic N) is 4. The molecule has 0 spiro atoms. The number of carbonyl (C=O) groups is 1. The molecule has 0 aliphatic heterocycles. The van der Waals surface area contributed by atoms with Crippen molar-refractivity contribution in [3.63, 3.8) is 0 Å². The van der Waals surface area contributed by atoms with Crippen molar-refractivity contribution in [1.29, 1.82) is 5.26 Å². The van der Waals surface area contributed by atoms with Crippen LogP contribution in [0.4, 0.5) is 0 Å².